The molecule has 0 unspecified atom stereocenters. The normalized spacial score (nSPS) is 9.00. The lowest BCUT2D eigenvalue weighted by Gasteiger charge is -2.00. The highest BCUT2D eigenvalue weighted by atomic mass is 16.4. The van der Waals surface area contributed by atoms with Crippen LogP contribution in [0.1, 0.15) is 0 Å². The van der Waals surface area contributed by atoms with Crippen LogP contribution in [0.2, 0.25) is 0 Å². The number of oxazole rings is 1. The molecule has 0 spiro atoms. The van der Waals surface area contributed by atoms with Crippen molar-refractivity contribution in [2.75, 3.05) is 11.9 Å². The van der Waals surface area contributed by atoms with Gasteiger partial charge in [0.25, 0.3) is 0 Å². The largest absolute Gasteiger partial charge is 0.432 e. The molecule has 0 aliphatic heterocycles. The molecule has 9 heavy (non-hydrogen) atoms. The fourth-order valence-corrected chi connectivity index (χ4v) is 0.435. The summed E-state index contributed by atoms with van der Waals surface area (Å²) < 4.78 is 4.77. The summed E-state index contributed by atoms with van der Waals surface area (Å²) >= 11 is 0. The van der Waals surface area contributed by atoms with Gasteiger partial charge in [-0.1, -0.05) is 0 Å². The van der Waals surface area contributed by atoms with Crippen molar-refractivity contribution in [3.05, 3.63) is 12.5 Å². The minimum absolute atomic E-state index is 0.310. The summed E-state index contributed by atoms with van der Waals surface area (Å²) in [5, 5.41) is 0. The van der Waals surface area contributed by atoms with Crippen LogP contribution in [0.3, 0.4) is 0 Å². The summed E-state index contributed by atoms with van der Waals surface area (Å²) in [6.07, 6.45) is 3.52. The van der Waals surface area contributed by atoms with E-state index in [9.17, 15) is 4.79 Å². The highest BCUT2D eigenvalue weighted by Gasteiger charge is 2.00. The summed E-state index contributed by atoms with van der Waals surface area (Å²) in [7, 11) is 1.57. The third kappa shape index (κ3) is 1.07. The van der Waals surface area contributed by atoms with Gasteiger partial charge in [0.05, 0.1) is 6.20 Å². The van der Waals surface area contributed by atoms with E-state index >= 15 is 0 Å². The first kappa shape index (κ1) is 5.81. The van der Waals surface area contributed by atoms with Crippen LogP contribution in [0.5, 0.6) is 0 Å². The van der Waals surface area contributed by atoms with Crippen molar-refractivity contribution in [1.82, 2.24) is 4.98 Å². The second-order valence-corrected chi connectivity index (χ2v) is 1.53. The molecule has 1 rings (SSSR count). The summed E-state index contributed by atoms with van der Waals surface area (Å²) in [6.45, 7) is 0. The molecule has 0 N–H and O–H groups in total. The van der Waals surface area contributed by atoms with E-state index in [0.717, 1.165) is 0 Å². The summed E-state index contributed by atoms with van der Waals surface area (Å²) in [5.74, 6) is 0. The number of nitrogens with zero attached hydrogens (tertiary/aromatic N) is 2. The molecule has 4 heteroatoms. The molecule has 0 saturated carbocycles. The maximum absolute atomic E-state index is 10.0. The second-order valence-electron chi connectivity index (χ2n) is 1.53. The molecule has 0 aromatic carbocycles. The lowest BCUT2D eigenvalue weighted by molar-refractivity contribution is -0.107. The van der Waals surface area contributed by atoms with Gasteiger partial charge in [-0.15, -0.1) is 0 Å². The first-order valence-electron chi connectivity index (χ1n) is 2.42. The highest BCUT2D eigenvalue weighted by Crippen LogP contribution is 2.03. The Morgan fingerprint density at radius 3 is 3.11 bits per heavy atom. The molecule has 1 amide bonds. The number of rotatable bonds is 2. The zero-order valence-electron chi connectivity index (χ0n) is 4.94. The van der Waals surface area contributed by atoms with Gasteiger partial charge < -0.3 is 4.42 Å². The minimum atomic E-state index is 0.310. The summed E-state index contributed by atoms with van der Waals surface area (Å²) in [6, 6.07) is 0.310. The van der Waals surface area contributed by atoms with Crippen molar-refractivity contribution in [3.63, 3.8) is 0 Å². The van der Waals surface area contributed by atoms with Crippen molar-refractivity contribution < 1.29 is 9.21 Å². The Morgan fingerprint density at radius 1 is 1.89 bits per heavy atom. The SMILES string of the molecule is CN(C=O)c1ncco1. The van der Waals surface area contributed by atoms with E-state index in [4.69, 9.17) is 4.42 Å². The molecule has 0 saturated heterocycles. The third-order valence-electron chi connectivity index (χ3n) is 0.879. The standard InChI is InChI=1S/C5H6N2O2/c1-7(4-8)5-6-2-3-9-5/h2-4H,1H3. The number of carbonyl (C=O) groups excluding carboxylic acids is 1. The molecule has 48 valence electrons. The van der Waals surface area contributed by atoms with Crippen molar-refractivity contribution in [3.8, 4) is 0 Å². The monoisotopic (exact) mass is 126 g/mol. The van der Waals surface area contributed by atoms with E-state index in [1.807, 2.05) is 0 Å². The number of amides is 1. The number of carbonyl (C=O) groups is 1. The Bertz CT molecular complexity index is 183. The minimum Gasteiger partial charge on any atom is -0.432 e. The molecule has 1 aromatic heterocycles. The van der Waals surface area contributed by atoms with Gasteiger partial charge >= 0.3 is 6.01 Å². The molecule has 0 bridgehead atoms. The Balaban J connectivity index is 2.76. The molecule has 1 heterocycles. The Labute approximate surface area is 52.1 Å². The van der Waals surface area contributed by atoms with E-state index in [2.05, 4.69) is 4.98 Å². The molecular weight excluding hydrogens is 120 g/mol. The van der Waals surface area contributed by atoms with Crippen molar-refractivity contribution >= 4 is 12.4 Å². The number of anilines is 1. The number of aromatic nitrogens is 1. The van der Waals surface area contributed by atoms with Gasteiger partial charge in [0.15, 0.2) is 0 Å². The van der Waals surface area contributed by atoms with Crippen LogP contribution in [0, 0.1) is 0 Å². The third-order valence-corrected chi connectivity index (χ3v) is 0.879. The number of hydrogen-bond donors (Lipinski definition) is 0. The van der Waals surface area contributed by atoms with Crippen molar-refractivity contribution in [2.24, 2.45) is 0 Å². The molecule has 4 nitrogen and oxygen atoms in total. The Hall–Kier alpha value is -1.32. The first-order valence-corrected chi connectivity index (χ1v) is 2.42. The van der Waals surface area contributed by atoms with Gasteiger partial charge in [0, 0.05) is 7.05 Å². The molecule has 0 aliphatic carbocycles. The van der Waals surface area contributed by atoms with E-state index < -0.39 is 0 Å². The zero-order chi connectivity index (χ0) is 6.69. The Morgan fingerprint density at radius 2 is 2.67 bits per heavy atom. The molecule has 0 fully saturated rings. The van der Waals surface area contributed by atoms with E-state index in [1.54, 1.807) is 7.05 Å². The average Bonchev–Trinajstić information content (AvgIpc) is 2.37. The molecule has 0 aliphatic rings. The van der Waals surface area contributed by atoms with E-state index in [0.29, 0.717) is 12.4 Å². The van der Waals surface area contributed by atoms with Crippen LogP contribution in [0.15, 0.2) is 16.9 Å². The summed E-state index contributed by atoms with van der Waals surface area (Å²) in [4.78, 5) is 15.0. The van der Waals surface area contributed by atoms with Crippen LogP contribution in [0.4, 0.5) is 6.01 Å². The van der Waals surface area contributed by atoms with Crippen molar-refractivity contribution in [2.45, 2.75) is 0 Å². The van der Waals surface area contributed by atoms with Crippen LogP contribution in [-0.4, -0.2) is 18.4 Å². The topological polar surface area (TPSA) is 46.3 Å². The van der Waals surface area contributed by atoms with E-state index in [1.165, 1.54) is 17.4 Å². The van der Waals surface area contributed by atoms with Gasteiger partial charge in [0.2, 0.25) is 6.41 Å². The van der Waals surface area contributed by atoms with E-state index in [-0.39, 0.29) is 0 Å². The Kier molecular flexibility index (Phi) is 1.48. The van der Waals surface area contributed by atoms with Crippen LogP contribution >= 0.6 is 0 Å². The fourth-order valence-electron chi connectivity index (χ4n) is 0.435. The lowest BCUT2D eigenvalue weighted by Crippen LogP contribution is -2.13. The van der Waals surface area contributed by atoms with Crippen LogP contribution < -0.4 is 4.90 Å². The lowest BCUT2D eigenvalue weighted by atomic mass is 10.9. The van der Waals surface area contributed by atoms with Crippen molar-refractivity contribution in [1.29, 1.82) is 0 Å². The quantitative estimate of drug-likeness (QED) is 0.534. The highest BCUT2D eigenvalue weighted by molar-refractivity contribution is 5.68. The predicted octanol–water partition coefficient (Wildman–Crippen LogP) is 0.267. The maximum Gasteiger partial charge on any atom is 0.303 e. The zero-order valence-corrected chi connectivity index (χ0v) is 4.94. The van der Waals surface area contributed by atoms with Gasteiger partial charge in [-0.2, -0.15) is 0 Å². The molecule has 0 atom stereocenters. The summed E-state index contributed by atoms with van der Waals surface area (Å²) in [5.41, 5.74) is 0. The first-order chi connectivity index (χ1) is 4.34. The van der Waals surface area contributed by atoms with Gasteiger partial charge in [0.1, 0.15) is 6.26 Å². The maximum atomic E-state index is 10.0. The average molecular weight is 126 g/mol. The second kappa shape index (κ2) is 2.30. The molecular formula is C5H6N2O2. The smallest absolute Gasteiger partial charge is 0.303 e. The van der Waals surface area contributed by atoms with Gasteiger partial charge in [-0.05, 0) is 0 Å². The fraction of sp³-hybridized carbons (Fsp3) is 0.200. The molecule has 0 radical (unpaired) electrons. The molecule has 1 aromatic rings. The van der Waals surface area contributed by atoms with Gasteiger partial charge in [-0.3, -0.25) is 9.69 Å². The van der Waals surface area contributed by atoms with Crippen LogP contribution in [-0.2, 0) is 4.79 Å². The van der Waals surface area contributed by atoms with Gasteiger partial charge in [-0.25, -0.2) is 4.98 Å². The van der Waals surface area contributed by atoms with Crippen LogP contribution in [0.25, 0.3) is 0 Å². The predicted molar refractivity (Wildman–Crippen MR) is 31.0 cm³/mol. The number of hydrogen-bond acceptors (Lipinski definition) is 3.